The van der Waals surface area contributed by atoms with Crippen molar-refractivity contribution in [1.82, 2.24) is 4.90 Å². The Morgan fingerprint density at radius 3 is 2.29 bits per heavy atom. The molecule has 0 atom stereocenters. The first-order chi connectivity index (χ1) is 11.5. The monoisotopic (exact) mass is 387 g/mol. The molecule has 5 heteroatoms. The molecule has 0 saturated carbocycles. The Balaban J connectivity index is 1.58. The van der Waals surface area contributed by atoms with Crippen molar-refractivity contribution < 1.29 is 4.79 Å². The minimum Gasteiger partial charge on any atom is -0.368 e. The lowest BCUT2D eigenvalue weighted by Crippen LogP contribution is -2.50. The highest BCUT2D eigenvalue weighted by atomic mass is 79.9. The number of anilines is 2. The number of hydrogen-bond donors (Lipinski definition) is 1. The molecule has 1 N–H and O–H groups in total. The van der Waals surface area contributed by atoms with Crippen LogP contribution < -0.4 is 10.2 Å². The molecule has 2 amide bonds. The van der Waals surface area contributed by atoms with E-state index in [1.807, 2.05) is 24.0 Å². The van der Waals surface area contributed by atoms with Crippen LogP contribution in [-0.2, 0) is 0 Å². The molecule has 1 heterocycles. The zero-order chi connectivity index (χ0) is 17.1. The van der Waals surface area contributed by atoms with E-state index in [0.717, 1.165) is 41.9 Å². The van der Waals surface area contributed by atoms with Gasteiger partial charge in [0.25, 0.3) is 0 Å². The average molecular weight is 388 g/mol. The van der Waals surface area contributed by atoms with Gasteiger partial charge in [-0.1, -0.05) is 33.6 Å². The van der Waals surface area contributed by atoms with Gasteiger partial charge >= 0.3 is 6.03 Å². The van der Waals surface area contributed by atoms with Crippen LogP contribution in [-0.4, -0.2) is 37.1 Å². The molecule has 2 aromatic rings. The molecular formula is C19H22BrN3O. The number of halogens is 1. The van der Waals surface area contributed by atoms with E-state index < -0.39 is 0 Å². The number of amides is 2. The van der Waals surface area contributed by atoms with Gasteiger partial charge in [0, 0.05) is 42.0 Å². The summed E-state index contributed by atoms with van der Waals surface area (Å²) in [5.41, 5.74) is 4.39. The maximum Gasteiger partial charge on any atom is 0.321 e. The lowest BCUT2D eigenvalue weighted by Gasteiger charge is -2.36. The fourth-order valence-corrected chi connectivity index (χ4v) is 3.23. The standard InChI is InChI=1S/C19H22BrN3O/c1-14-3-8-18(15(2)13-14)21-19(24)23-11-9-22(10-12-23)17-6-4-16(20)5-7-17/h3-8,13H,9-12H2,1-2H3,(H,21,24). The van der Waals surface area contributed by atoms with Crippen LogP contribution in [0.3, 0.4) is 0 Å². The van der Waals surface area contributed by atoms with Gasteiger partial charge in [-0.05, 0) is 49.7 Å². The first-order valence-corrected chi connectivity index (χ1v) is 8.96. The van der Waals surface area contributed by atoms with Crippen molar-refractivity contribution in [2.75, 3.05) is 36.4 Å². The van der Waals surface area contributed by atoms with Crippen LogP contribution in [0.25, 0.3) is 0 Å². The van der Waals surface area contributed by atoms with Gasteiger partial charge < -0.3 is 15.1 Å². The molecule has 0 spiro atoms. The predicted molar refractivity (Wildman–Crippen MR) is 103 cm³/mol. The number of aryl methyl sites for hydroxylation is 2. The molecule has 0 unspecified atom stereocenters. The molecule has 0 aliphatic carbocycles. The summed E-state index contributed by atoms with van der Waals surface area (Å²) in [7, 11) is 0. The predicted octanol–water partition coefficient (Wildman–Crippen LogP) is 4.42. The van der Waals surface area contributed by atoms with E-state index in [-0.39, 0.29) is 6.03 Å². The zero-order valence-corrected chi connectivity index (χ0v) is 15.6. The lowest BCUT2D eigenvalue weighted by atomic mass is 10.1. The molecule has 24 heavy (non-hydrogen) atoms. The van der Waals surface area contributed by atoms with Gasteiger partial charge in [-0.15, -0.1) is 0 Å². The third-order valence-electron chi connectivity index (χ3n) is 4.38. The number of carbonyl (C=O) groups is 1. The van der Waals surface area contributed by atoms with Gasteiger partial charge in [-0.25, -0.2) is 4.79 Å². The average Bonchev–Trinajstić information content (AvgIpc) is 2.58. The van der Waals surface area contributed by atoms with Crippen LogP contribution in [0.1, 0.15) is 11.1 Å². The highest BCUT2D eigenvalue weighted by Gasteiger charge is 2.21. The summed E-state index contributed by atoms with van der Waals surface area (Å²) in [5.74, 6) is 0. The largest absolute Gasteiger partial charge is 0.368 e. The number of urea groups is 1. The van der Waals surface area contributed by atoms with E-state index in [2.05, 4.69) is 63.4 Å². The molecule has 1 aliphatic heterocycles. The number of benzene rings is 2. The summed E-state index contributed by atoms with van der Waals surface area (Å²) in [6, 6.07) is 14.4. The number of nitrogens with one attached hydrogen (secondary N) is 1. The fourth-order valence-electron chi connectivity index (χ4n) is 2.97. The summed E-state index contributed by atoms with van der Waals surface area (Å²) in [6.07, 6.45) is 0. The smallest absolute Gasteiger partial charge is 0.321 e. The Hall–Kier alpha value is -2.01. The van der Waals surface area contributed by atoms with Crippen LogP contribution in [0.4, 0.5) is 16.2 Å². The van der Waals surface area contributed by atoms with Crippen molar-refractivity contribution >= 4 is 33.3 Å². The maximum absolute atomic E-state index is 12.5. The number of rotatable bonds is 2. The fraction of sp³-hybridized carbons (Fsp3) is 0.316. The van der Waals surface area contributed by atoms with E-state index in [9.17, 15) is 4.79 Å². The molecular weight excluding hydrogens is 366 g/mol. The first kappa shape index (κ1) is 16.8. The van der Waals surface area contributed by atoms with Crippen molar-refractivity contribution in [1.29, 1.82) is 0 Å². The van der Waals surface area contributed by atoms with Gasteiger partial charge in [0.15, 0.2) is 0 Å². The SMILES string of the molecule is Cc1ccc(NC(=O)N2CCN(c3ccc(Br)cc3)CC2)c(C)c1. The van der Waals surface area contributed by atoms with Crippen LogP contribution in [0, 0.1) is 13.8 Å². The summed E-state index contributed by atoms with van der Waals surface area (Å²) >= 11 is 3.46. The Morgan fingerprint density at radius 1 is 1.00 bits per heavy atom. The molecule has 0 aromatic heterocycles. The Kier molecular flexibility index (Phi) is 5.09. The molecule has 3 rings (SSSR count). The zero-order valence-electron chi connectivity index (χ0n) is 14.1. The molecule has 1 saturated heterocycles. The van der Waals surface area contributed by atoms with E-state index in [1.165, 1.54) is 11.3 Å². The van der Waals surface area contributed by atoms with E-state index in [4.69, 9.17) is 0 Å². The molecule has 0 radical (unpaired) electrons. The van der Waals surface area contributed by atoms with E-state index in [0.29, 0.717) is 0 Å². The van der Waals surface area contributed by atoms with E-state index >= 15 is 0 Å². The van der Waals surface area contributed by atoms with Gasteiger partial charge in [0.2, 0.25) is 0 Å². The quantitative estimate of drug-likeness (QED) is 0.827. The number of hydrogen-bond acceptors (Lipinski definition) is 2. The van der Waals surface area contributed by atoms with E-state index in [1.54, 1.807) is 0 Å². The van der Waals surface area contributed by atoms with Crippen LogP contribution in [0.2, 0.25) is 0 Å². The molecule has 4 nitrogen and oxygen atoms in total. The Morgan fingerprint density at radius 2 is 1.67 bits per heavy atom. The molecule has 1 aliphatic rings. The van der Waals surface area contributed by atoms with Crippen molar-refractivity contribution in [2.24, 2.45) is 0 Å². The van der Waals surface area contributed by atoms with Crippen molar-refractivity contribution in [2.45, 2.75) is 13.8 Å². The van der Waals surface area contributed by atoms with Crippen LogP contribution >= 0.6 is 15.9 Å². The summed E-state index contributed by atoms with van der Waals surface area (Å²) < 4.78 is 1.08. The number of piperazine rings is 1. The van der Waals surface area contributed by atoms with Crippen LogP contribution in [0.15, 0.2) is 46.9 Å². The van der Waals surface area contributed by atoms with Crippen LogP contribution in [0.5, 0.6) is 0 Å². The highest BCUT2D eigenvalue weighted by molar-refractivity contribution is 9.10. The second-order valence-electron chi connectivity index (χ2n) is 6.20. The third-order valence-corrected chi connectivity index (χ3v) is 4.91. The summed E-state index contributed by atoms with van der Waals surface area (Å²) in [6.45, 7) is 7.23. The summed E-state index contributed by atoms with van der Waals surface area (Å²) in [4.78, 5) is 16.7. The molecule has 0 bridgehead atoms. The molecule has 2 aromatic carbocycles. The second-order valence-corrected chi connectivity index (χ2v) is 7.11. The minimum atomic E-state index is -0.0163. The topological polar surface area (TPSA) is 35.6 Å². The van der Waals surface area contributed by atoms with Gasteiger partial charge in [-0.2, -0.15) is 0 Å². The highest BCUT2D eigenvalue weighted by Crippen LogP contribution is 2.21. The maximum atomic E-state index is 12.5. The number of carbonyl (C=O) groups excluding carboxylic acids is 1. The third kappa shape index (κ3) is 3.90. The van der Waals surface area contributed by atoms with Crippen molar-refractivity contribution in [3.05, 3.63) is 58.1 Å². The molecule has 1 fully saturated rings. The van der Waals surface area contributed by atoms with Gasteiger partial charge in [0.05, 0.1) is 0 Å². The number of nitrogens with zero attached hydrogens (tertiary/aromatic N) is 2. The Labute approximate surface area is 151 Å². The van der Waals surface area contributed by atoms with Gasteiger partial charge in [-0.3, -0.25) is 0 Å². The van der Waals surface area contributed by atoms with Crippen molar-refractivity contribution in [3.8, 4) is 0 Å². The summed E-state index contributed by atoms with van der Waals surface area (Å²) in [5, 5.41) is 3.03. The van der Waals surface area contributed by atoms with Crippen molar-refractivity contribution in [3.63, 3.8) is 0 Å². The van der Waals surface area contributed by atoms with Gasteiger partial charge in [0.1, 0.15) is 0 Å². The molecule has 126 valence electrons. The minimum absolute atomic E-state index is 0.0163. The Bertz CT molecular complexity index is 722. The first-order valence-electron chi connectivity index (χ1n) is 8.16. The lowest BCUT2D eigenvalue weighted by molar-refractivity contribution is 0.208. The second kappa shape index (κ2) is 7.26. The normalized spacial score (nSPS) is 14.6.